The Morgan fingerprint density at radius 1 is 0.727 bits per heavy atom. The Hall–Kier alpha value is -0.840. The third kappa shape index (κ3) is 24.1. The highest BCUT2D eigenvalue weighted by molar-refractivity contribution is 7.61. The van der Waals surface area contributed by atoms with Crippen LogP contribution in [0.25, 0.3) is 0 Å². The molecule has 0 aromatic heterocycles. The van der Waals surface area contributed by atoms with Gasteiger partial charge in [-0.1, -0.05) is 65.2 Å². The van der Waals surface area contributed by atoms with Crippen LogP contribution in [-0.2, 0) is 32.1 Å². The van der Waals surface area contributed by atoms with Crippen molar-refractivity contribution in [2.24, 2.45) is 0 Å². The maximum atomic E-state index is 12.3. The van der Waals surface area contributed by atoms with Crippen LogP contribution in [0.15, 0.2) is 0 Å². The molecule has 0 amide bonds. The van der Waals surface area contributed by atoms with Crippen LogP contribution >= 0.6 is 15.6 Å². The second-order valence-corrected chi connectivity index (χ2v) is 10.2. The van der Waals surface area contributed by atoms with Crippen LogP contribution in [0, 0.1) is 0 Å². The molecule has 0 aromatic carbocycles. The molecule has 198 valence electrons. The Kier molecular flexibility index (Phi) is 21.4. The topological polar surface area (TPSA) is 197 Å². The average molecular weight is 522 g/mol. The molecule has 0 aliphatic carbocycles. The number of phosphoric acid groups is 2. The van der Waals surface area contributed by atoms with Gasteiger partial charge in [-0.05, 0) is 12.8 Å². The molecule has 0 bridgehead atoms. The lowest BCUT2D eigenvalue weighted by Gasteiger charge is -2.17. The first-order chi connectivity index (χ1) is 15.4. The maximum absolute atomic E-state index is 12.3. The van der Waals surface area contributed by atoms with Crippen molar-refractivity contribution in [1.82, 2.24) is 0 Å². The first kappa shape index (κ1) is 34.3. The predicted molar refractivity (Wildman–Crippen MR) is 120 cm³/mol. The van der Waals surface area contributed by atoms with Gasteiger partial charge in [0.05, 0.1) is 13.2 Å². The van der Waals surface area contributed by atoms with Crippen molar-refractivity contribution in [2.45, 2.75) is 97.0 Å². The van der Waals surface area contributed by atoms with Gasteiger partial charge >= 0.3 is 27.6 Å². The summed E-state index contributed by atoms with van der Waals surface area (Å²) in [6.45, 7) is 3.36. The monoisotopic (exact) mass is 522 g/mol. The number of hydrogen-bond donors (Lipinski definition) is 5. The van der Waals surface area contributed by atoms with Crippen LogP contribution in [0.3, 0.4) is 0 Å². The van der Waals surface area contributed by atoms with E-state index in [-0.39, 0.29) is 26.1 Å². The van der Waals surface area contributed by atoms with Crippen LogP contribution in [0.1, 0.15) is 90.9 Å². The van der Waals surface area contributed by atoms with E-state index in [0.29, 0.717) is 12.8 Å². The molecule has 12 nitrogen and oxygen atoms in total. The van der Waals surface area contributed by atoms with E-state index in [1.807, 2.05) is 13.8 Å². The van der Waals surface area contributed by atoms with Gasteiger partial charge in [-0.3, -0.25) is 9.59 Å². The zero-order chi connectivity index (χ0) is 25.8. The summed E-state index contributed by atoms with van der Waals surface area (Å²) in [7, 11) is -10.3. The molecule has 0 unspecified atom stereocenters. The van der Waals surface area contributed by atoms with Crippen molar-refractivity contribution in [2.75, 3.05) is 13.2 Å². The fraction of sp³-hybridized carbons (Fsp3) is 0.895. The van der Waals surface area contributed by atoms with E-state index < -0.39 is 33.7 Å². The molecule has 0 atom stereocenters. The molecule has 0 aromatic rings. The van der Waals surface area contributed by atoms with Crippen molar-refractivity contribution in [1.29, 1.82) is 0 Å². The molecule has 5 N–H and O–H groups in total. The van der Waals surface area contributed by atoms with Crippen LogP contribution in [-0.4, -0.2) is 56.4 Å². The molecule has 0 saturated heterocycles. The van der Waals surface area contributed by atoms with Crippen LogP contribution in [0.2, 0.25) is 0 Å². The summed E-state index contributed by atoms with van der Waals surface area (Å²) in [4.78, 5) is 41.3. The summed E-state index contributed by atoms with van der Waals surface area (Å²) in [6, 6.07) is 0. The Labute approximate surface area is 195 Å². The number of phosphoric ester groups is 1. The summed E-state index contributed by atoms with van der Waals surface area (Å²) in [5.41, 5.74) is 0. The second kappa shape index (κ2) is 20.5. The van der Waals surface area contributed by atoms with Crippen molar-refractivity contribution in [3.8, 4) is 0 Å². The van der Waals surface area contributed by atoms with Gasteiger partial charge in [0.15, 0.2) is 0 Å². The fourth-order valence-corrected chi connectivity index (χ4v) is 4.35. The predicted octanol–water partition coefficient (Wildman–Crippen LogP) is 3.34. The van der Waals surface area contributed by atoms with Gasteiger partial charge in [-0.15, -0.1) is 0 Å². The number of hydrogen-bond acceptors (Lipinski definition) is 10. The molecule has 0 spiro atoms. The highest BCUT2D eigenvalue weighted by Gasteiger charge is 2.42. The fourth-order valence-electron chi connectivity index (χ4n) is 2.33. The summed E-state index contributed by atoms with van der Waals surface area (Å²) in [5, 5.41) is 24.0. The molecule has 0 heterocycles. The molecule has 0 aliphatic rings. The molecule has 0 saturated carbocycles. The zero-order valence-corrected chi connectivity index (χ0v) is 21.3. The Balaban J connectivity index is 0. The van der Waals surface area contributed by atoms with E-state index in [4.69, 9.17) is 25.1 Å². The molecular formula is C19H40O12P2. The minimum atomic E-state index is -5.30. The molecule has 0 radical (unpaired) electrons. The van der Waals surface area contributed by atoms with Gasteiger partial charge in [0.2, 0.25) is 0 Å². The molecular weight excluding hydrogens is 482 g/mol. The molecule has 33 heavy (non-hydrogen) atoms. The van der Waals surface area contributed by atoms with Gasteiger partial charge in [0.1, 0.15) is 6.10 Å². The minimum absolute atomic E-state index is 0.118. The first-order valence-corrected chi connectivity index (χ1v) is 14.1. The maximum Gasteiger partial charge on any atom is 0.601 e. The number of aliphatic hydroxyl groups is 3. The second-order valence-electron chi connectivity index (χ2n) is 7.29. The van der Waals surface area contributed by atoms with Gasteiger partial charge in [-0.2, -0.15) is 4.31 Å². The highest BCUT2D eigenvalue weighted by Crippen LogP contribution is 2.61. The first-order valence-electron chi connectivity index (χ1n) is 11.1. The SMILES string of the molecule is CCCCCCCC(=O)OP(=O)(OC(=O)CCCCCCC)OP(=O)(O)O.OCC(O)CO. The van der Waals surface area contributed by atoms with Gasteiger partial charge in [0, 0.05) is 12.8 Å². The normalized spacial score (nSPS) is 11.6. The Bertz CT molecular complexity index is 572. The summed E-state index contributed by atoms with van der Waals surface area (Å²) in [5.74, 6) is -2.00. The molecule has 14 heteroatoms. The molecule has 0 aliphatic heterocycles. The van der Waals surface area contributed by atoms with Crippen molar-refractivity contribution in [3.63, 3.8) is 0 Å². The number of carbonyl (C=O) groups is 2. The smallest absolute Gasteiger partial charge is 0.394 e. The number of unbranched alkanes of at least 4 members (excludes halogenated alkanes) is 8. The van der Waals surface area contributed by atoms with E-state index in [9.17, 15) is 18.7 Å². The molecule has 0 fully saturated rings. The van der Waals surface area contributed by atoms with Crippen molar-refractivity contribution >= 4 is 27.6 Å². The summed E-state index contributed by atoms with van der Waals surface area (Å²) in [6.07, 6.45) is 7.18. The van der Waals surface area contributed by atoms with Gasteiger partial charge in [0.25, 0.3) is 0 Å². The quantitative estimate of drug-likeness (QED) is 0.130. The van der Waals surface area contributed by atoms with Crippen LogP contribution in [0.4, 0.5) is 0 Å². The lowest BCUT2D eigenvalue weighted by Crippen LogP contribution is -2.15. The minimum Gasteiger partial charge on any atom is -0.394 e. The lowest BCUT2D eigenvalue weighted by atomic mass is 10.1. The molecule has 0 rings (SSSR count). The number of carbonyl (C=O) groups excluding carboxylic acids is 2. The van der Waals surface area contributed by atoms with E-state index in [0.717, 1.165) is 51.4 Å². The standard InChI is InChI=1S/C16H32O9P2.C3H8O3/c1-3-5-7-9-11-13-15(17)23-27(22,25-26(19,20)21)24-16(18)14-12-10-8-6-4-2;4-1-3(6)2-5/h3-14H2,1-2H3,(H2,19,20,21);3-6H,1-2H2. The summed E-state index contributed by atoms with van der Waals surface area (Å²) >= 11 is 0. The van der Waals surface area contributed by atoms with E-state index in [2.05, 4.69) is 13.4 Å². The number of rotatable bonds is 18. The van der Waals surface area contributed by atoms with Crippen molar-refractivity contribution < 1.29 is 57.2 Å². The van der Waals surface area contributed by atoms with Crippen LogP contribution in [0.5, 0.6) is 0 Å². The number of aliphatic hydroxyl groups excluding tert-OH is 3. The van der Waals surface area contributed by atoms with E-state index in [1.165, 1.54) is 0 Å². The van der Waals surface area contributed by atoms with Gasteiger partial charge < -0.3 is 34.2 Å². The van der Waals surface area contributed by atoms with Crippen molar-refractivity contribution in [3.05, 3.63) is 0 Å². The van der Waals surface area contributed by atoms with Gasteiger partial charge in [-0.25, -0.2) is 9.13 Å². The Morgan fingerprint density at radius 3 is 1.36 bits per heavy atom. The zero-order valence-electron chi connectivity index (χ0n) is 19.5. The lowest BCUT2D eigenvalue weighted by molar-refractivity contribution is -0.140. The third-order valence-electron chi connectivity index (χ3n) is 4.02. The average Bonchev–Trinajstić information content (AvgIpc) is 2.71. The van der Waals surface area contributed by atoms with Crippen LogP contribution < -0.4 is 0 Å². The largest absolute Gasteiger partial charge is 0.601 e. The highest BCUT2D eigenvalue weighted by atomic mass is 31.3. The van der Waals surface area contributed by atoms with E-state index >= 15 is 0 Å². The van der Waals surface area contributed by atoms with E-state index in [1.54, 1.807) is 0 Å². The third-order valence-corrected chi connectivity index (χ3v) is 6.53. The summed E-state index contributed by atoms with van der Waals surface area (Å²) < 4.78 is 36.3. The Morgan fingerprint density at radius 2 is 1.09 bits per heavy atom.